The van der Waals surface area contributed by atoms with Crippen LogP contribution in [0.2, 0.25) is 0 Å². The Morgan fingerprint density at radius 2 is 1.96 bits per heavy atom. The average molecular weight is 490 g/mol. The van der Waals surface area contributed by atoms with Gasteiger partial charge in [-0.05, 0) is 31.5 Å². The van der Waals surface area contributed by atoms with E-state index in [-0.39, 0.29) is 41.8 Å². The molecule has 1 aromatic carbocycles. The molecule has 25 heavy (non-hydrogen) atoms. The summed E-state index contributed by atoms with van der Waals surface area (Å²) in [6.45, 7) is 2.57. The molecule has 0 radical (unpaired) electrons. The van der Waals surface area contributed by atoms with Crippen LogP contribution in [0.4, 0.5) is 8.78 Å². The normalized spacial score (nSPS) is 12.0. The van der Waals surface area contributed by atoms with Crippen LogP contribution < -0.4 is 10.6 Å². The summed E-state index contributed by atoms with van der Waals surface area (Å²) in [5.41, 5.74) is 0.201. The summed E-state index contributed by atoms with van der Waals surface area (Å²) < 4.78 is 51.2. The quantitative estimate of drug-likeness (QED) is 0.253. The van der Waals surface area contributed by atoms with E-state index in [9.17, 15) is 17.2 Å². The lowest BCUT2D eigenvalue weighted by molar-refractivity contribution is 0.461. The van der Waals surface area contributed by atoms with Gasteiger partial charge in [0, 0.05) is 39.3 Å². The molecule has 0 amide bonds. The molecule has 6 nitrogen and oxygen atoms in total. The van der Waals surface area contributed by atoms with Crippen LogP contribution in [-0.4, -0.2) is 51.6 Å². The van der Waals surface area contributed by atoms with Gasteiger partial charge in [-0.25, -0.2) is 21.5 Å². The number of hydrogen-bond acceptors (Lipinski definition) is 3. The molecule has 0 aliphatic carbocycles. The number of nitrogens with zero attached hydrogens (tertiary/aromatic N) is 2. The summed E-state index contributed by atoms with van der Waals surface area (Å²) in [7, 11) is -0.0763. The van der Waals surface area contributed by atoms with Crippen molar-refractivity contribution in [1.29, 1.82) is 0 Å². The Hall–Kier alpha value is -1.01. The molecule has 0 aliphatic rings. The first kappa shape index (κ1) is 24.0. The second-order valence-electron chi connectivity index (χ2n) is 5.16. The van der Waals surface area contributed by atoms with Gasteiger partial charge in [-0.15, -0.1) is 24.0 Å². The molecule has 0 aromatic heterocycles. The minimum atomic E-state index is -3.18. The summed E-state index contributed by atoms with van der Waals surface area (Å²) in [4.78, 5) is 3.98. The van der Waals surface area contributed by atoms with Gasteiger partial charge >= 0.3 is 0 Å². The Kier molecular flexibility index (Phi) is 11.1. The summed E-state index contributed by atoms with van der Waals surface area (Å²) in [5, 5.41) is 5.88. The fourth-order valence-electron chi connectivity index (χ4n) is 1.95. The molecule has 0 aliphatic heterocycles. The predicted molar refractivity (Wildman–Crippen MR) is 107 cm³/mol. The molecular formula is C15H25F2IN4O2S. The molecule has 1 rings (SSSR count). The van der Waals surface area contributed by atoms with Crippen molar-refractivity contribution in [3.05, 3.63) is 35.4 Å². The first-order valence-corrected chi connectivity index (χ1v) is 9.23. The number of sulfonamides is 1. The van der Waals surface area contributed by atoms with Crippen LogP contribution in [0.15, 0.2) is 23.2 Å². The number of hydrogen-bond donors (Lipinski definition) is 2. The summed E-state index contributed by atoms with van der Waals surface area (Å²) >= 11 is 0. The Bertz CT molecular complexity index is 671. The van der Waals surface area contributed by atoms with Crippen LogP contribution in [0.5, 0.6) is 0 Å². The van der Waals surface area contributed by atoms with Crippen molar-refractivity contribution >= 4 is 40.0 Å². The molecule has 0 fully saturated rings. The van der Waals surface area contributed by atoms with Crippen molar-refractivity contribution in [2.24, 2.45) is 4.99 Å². The van der Waals surface area contributed by atoms with Crippen LogP contribution in [0.1, 0.15) is 18.9 Å². The Balaban J connectivity index is 0.00000576. The van der Waals surface area contributed by atoms with Crippen molar-refractivity contribution in [1.82, 2.24) is 14.9 Å². The highest BCUT2D eigenvalue weighted by Gasteiger charge is 2.14. The molecule has 2 N–H and O–H groups in total. The Labute approximate surface area is 165 Å². The molecule has 10 heteroatoms. The van der Waals surface area contributed by atoms with Gasteiger partial charge in [-0.2, -0.15) is 0 Å². The van der Waals surface area contributed by atoms with Crippen LogP contribution in [0.25, 0.3) is 0 Å². The smallest absolute Gasteiger partial charge is 0.213 e. The van der Waals surface area contributed by atoms with Crippen LogP contribution in [-0.2, 0) is 16.6 Å². The highest BCUT2D eigenvalue weighted by molar-refractivity contribution is 14.0. The van der Waals surface area contributed by atoms with Crippen molar-refractivity contribution in [2.45, 2.75) is 19.9 Å². The van der Waals surface area contributed by atoms with Gasteiger partial charge in [0.1, 0.15) is 11.6 Å². The van der Waals surface area contributed by atoms with E-state index in [2.05, 4.69) is 15.6 Å². The van der Waals surface area contributed by atoms with Gasteiger partial charge < -0.3 is 10.6 Å². The summed E-state index contributed by atoms with van der Waals surface area (Å²) in [6, 6.07) is 3.26. The van der Waals surface area contributed by atoms with Gasteiger partial charge in [-0.1, -0.05) is 0 Å². The predicted octanol–water partition coefficient (Wildman–Crippen LogP) is 1.92. The van der Waals surface area contributed by atoms with E-state index in [0.717, 1.165) is 18.2 Å². The monoisotopic (exact) mass is 490 g/mol. The summed E-state index contributed by atoms with van der Waals surface area (Å²) in [6.07, 6.45) is 0.588. The van der Waals surface area contributed by atoms with Gasteiger partial charge in [0.25, 0.3) is 0 Å². The van der Waals surface area contributed by atoms with Crippen LogP contribution in [0.3, 0.4) is 0 Å². The zero-order valence-electron chi connectivity index (χ0n) is 14.6. The van der Waals surface area contributed by atoms with Crippen molar-refractivity contribution in [2.75, 3.05) is 32.9 Å². The Morgan fingerprint density at radius 1 is 1.28 bits per heavy atom. The van der Waals surface area contributed by atoms with Gasteiger partial charge in [0.2, 0.25) is 10.0 Å². The molecule has 0 heterocycles. The van der Waals surface area contributed by atoms with Crippen LogP contribution >= 0.6 is 24.0 Å². The number of halogens is 3. The molecule has 1 aromatic rings. The van der Waals surface area contributed by atoms with Gasteiger partial charge in [0.05, 0.1) is 5.75 Å². The SMILES string of the molecule is CCS(=O)(=O)N(C)CCCNC(=NC)NCc1cc(F)ccc1F.I. The lowest BCUT2D eigenvalue weighted by Crippen LogP contribution is -2.38. The molecule has 0 atom stereocenters. The molecule has 0 spiro atoms. The first-order valence-electron chi connectivity index (χ1n) is 7.62. The van der Waals surface area contributed by atoms with E-state index >= 15 is 0 Å². The first-order chi connectivity index (χ1) is 11.3. The molecular weight excluding hydrogens is 465 g/mol. The maximum atomic E-state index is 13.5. The van der Waals surface area contributed by atoms with E-state index in [1.807, 2.05) is 0 Å². The second-order valence-corrected chi connectivity index (χ2v) is 7.53. The molecule has 0 bridgehead atoms. The third-order valence-corrected chi connectivity index (χ3v) is 5.32. The van der Waals surface area contributed by atoms with Crippen molar-refractivity contribution in [3.8, 4) is 0 Å². The van der Waals surface area contributed by atoms with Crippen molar-refractivity contribution in [3.63, 3.8) is 0 Å². The number of guanidine groups is 1. The van der Waals surface area contributed by atoms with E-state index in [4.69, 9.17) is 0 Å². The molecule has 144 valence electrons. The number of nitrogens with one attached hydrogen (secondary N) is 2. The number of aliphatic imine (C=N–C) groups is 1. The van der Waals surface area contributed by atoms with Crippen molar-refractivity contribution < 1.29 is 17.2 Å². The zero-order valence-corrected chi connectivity index (χ0v) is 17.7. The standard InChI is InChI=1S/C15H24F2N4O2S.HI/c1-4-24(22,23)21(3)9-5-8-19-15(18-2)20-11-12-10-13(16)6-7-14(12)17;/h6-7,10H,4-5,8-9,11H2,1-3H3,(H2,18,19,20);1H. The zero-order chi connectivity index (χ0) is 18.2. The third-order valence-electron chi connectivity index (χ3n) is 3.46. The van der Waals surface area contributed by atoms with Gasteiger partial charge in [0.15, 0.2) is 5.96 Å². The summed E-state index contributed by atoms with van der Waals surface area (Å²) in [5.74, 6) is -0.499. The van der Waals surface area contributed by atoms with Crippen LogP contribution in [0, 0.1) is 11.6 Å². The molecule has 0 unspecified atom stereocenters. The van der Waals surface area contributed by atoms with E-state index in [1.54, 1.807) is 21.0 Å². The number of benzene rings is 1. The van der Waals surface area contributed by atoms with E-state index in [1.165, 1.54) is 4.31 Å². The third kappa shape index (κ3) is 8.27. The van der Waals surface area contributed by atoms with E-state index in [0.29, 0.717) is 25.5 Å². The topological polar surface area (TPSA) is 73.8 Å². The van der Waals surface area contributed by atoms with Gasteiger partial charge in [-0.3, -0.25) is 4.99 Å². The largest absolute Gasteiger partial charge is 0.356 e. The highest BCUT2D eigenvalue weighted by atomic mass is 127. The maximum Gasteiger partial charge on any atom is 0.213 e. The highest BCUT2D eigenvalue weighted by Crippen LogP contribution is 2.09. The average Bonchev–Trinajstić information content (AvgIpc) is 2.56. The number of rotatable bonds is 8. The minimum Gasteiger partial charge on any atom is -0.356 e. The van der Waals surface area contributed by atoms with E-state index < -0.39 is 21.7 Å². The lowest BCUT2D eigenvalue weighted by Gasteiger charge is -2.17. The maximum absolute atomic E-state index is 13.5. The lowest BCUT2D eigenvalue weighted by atomic mass is 10.2. The fraction of sp³-hybridized carbons (Fsp3) is 0.533. The molecule has 0 saturated heterocycles. The minimum absolute atomic E-state index is 0. The second kappa shape index (κ2) is 11.6. The molecule has 0 saturated carbocycles. The Morgan fingerprint density at radius 3 is 2.56 bits per heavy atom. The fourth-order valence-corrected chi connectivity index (χ4v) is 2.79.